The molecule has 2 aromatic heterocycles. The molecule has 0 fully saturated rings. The van der Waals surface area contributed by atoms with Crippen molar-refractivity contribution < 1.29 is 23.4 Å². The molecule has 2 amide bonds. The van der Waals surface area contributed by atoms with Crippen molar-refractivity contribution in [3.05, 3.63) is 58.5 Å². The van der Waals surface area contributed by atoms with Gasteiger partial charge in [0.05, 0.1) is 4.92 Å². The SMILES string of the molecule is O=C(Cn1cc([N+](=O)[O-])cn1)NCCNC(=O)c1nc(-c2ccc(F)cc2)no1. The van der Waals surface area contributed by atoms with Gasteiger partial charge in [-0.15, -0.1) is 0 Å². The molecule has 0 saturated carbocycles. The third-order valence-electron chi connectivity index (χ3n) is 3.59. The van der Waals surface area contributed by atoms with Crippen molar-refractivity contribution >= 4 is 17.5 Å². The smallest absolute Gasteiger partial charge is 0.316 e. The van der Waals surface area contributed by atoms with E-state index in [1.807, 2.05) is 0 Å². The van der Waals surface area contributed by atoms with Crippen LogP contribution in [0, 0.1) is 15.9 Å². The first-order valence-corrected chi connectivity index (χ1v) is 8.24. The second-order valence-electron chi connectivity index (χ2n) is 5.69. The highest BCUT2D eigenvalue weighted by molar-refractivity contribution is 5.89. The van der Waals surface area contributed by atoms with Crippen molar-refractivity contribution in [2.24, 2.45) is 0 Å². The summed E-state index contributed by atoms with van der Waals surface area (Å²) >= 11 is 0. The lowest BCUT2D eigenvalue weighted by molar-refractivity contribution is -0.385. The minimum absolute atomic E-state index is 0.0814. The van der Waals surface area contributed by atoms with E-state index < -0.39 is 22.6 Å². The lowest BCUT2D eigenvalue weighted by atomic mass is 10.2. The van der Waals surface area contributed by atoms with Gasteiger partial charge in [-0.3, -0.25) is 24.4 Å². The van der Waals surface area contributed by atoms with Crippen LogP contribution in [0.1, 0.15) is 10.7 Å². The number of nitrogens with zero attached hydrogens (tertiary/aromatic N) is 5. The van der Waals surface area contributed by atoms with Gasteiger partial charge in [-0.25, -0.2) is 4.39 Å². The summed E-state index contributed by atoms with van der Waals surface area (Å²) in [4.78, 5) is 37.6. The van der Waals surface area contributed by atoms with E-state index >= 15 is 0 Å². The van der Waals surface area contributed by atoms with Crippen molar-refractivity contribution in [1.29, 1.82) is 0 Å². The average Bonchev–Trinajstić information content (AvgIpc) is 3.35. The van der Waals surface area contributed by atoms with Crippen molar-refractivity contribution in [2.45, 2.75) is 6.54 Å². The minimum atomic E-state index is -0.636. The summed E-state index contributed by atoms with van der Waals surface area (Å²) in [6, 6.07) is 5.36. The van der Waals surface area contributed by atoms with Crippen molar-refractivity contribution in [1.82, 2.24) is 30.6 Å². The van der Waals surface area contributed by atoms with Gasteiger partial charge in [0.15, 0.2) is 0 Å². The highest BCUT2D eigenvalue weighted by Crippen LogP contribution is 2.15. The van der Waals surface area contributed by atoms with Crippen LogP contribution in [-0.2, 0) is 11.3 Å². The van der Waals surface area contributed by atoms with Crippen LogP contribution in [-0.4, -0.2) is 49.7 Å². The van der Waals surface area contributed by atoms with Gasteiger partial charge in [-0.1, -0.05) is 5.16 Å². The molecule has 0 atom stereocenters. The van der Waals surface area contributed by atoms with E-state index in [2.05, 4.69) is 25.9 Å². The summed E-state index contributed by atoms with van der Waals surface area (Å²) in [5.41, 5.74) is 0.268. The molecule has 0 aliphatic rings. The first-order valence-electron chi connectivity index (χ1n) is 8.24. The molecule has 0 aliphatic carbocycles. The van der Waals surface area contributed by atoms with Crippen molar-refractivity contribution in [2.75, 3.05) is 13.1 Å². The highest BCUT2D eigenvalue weighted by Gasteiger charge is 2.16. The first-order chi connectivity index (χ1) is 13.9. The maximum atomic E-state index is 12.9. The number of nitro groups is 1. The fourth-order valence-electron chi connectivity index (χ4n) is 2.22. The number of rotatable bonds is 8. The van der Waals surface area contributed by atoms with Crippen molar-refractivity contribution in [3.8, 4) is 11.4 Å². The number of hydrogen-bond acceptors (Lipinski definition) is 8. The van der Waals surface area contributed by atoms with E-state index in [-0.39, 0.29) is 37.0 Å². The molecule has 3 aromatic rings. The number of benzene rings is 1. The second kappa shape index (κ2) is 8.69. The standard InChI is InChI=1S/C16H14FN7O5/c17-11-3-1-10(2-4-11)14-21-16(29-22-14)15(26)19-6-5-18-13(25)9-23-8-12(7-20-23)24(27)28/h1-4,7-8H,5-6,9H2,(H,18,25)(H,19,26). The Morgan fingerprint density at radius 1 is 1.21 bits per heavy atom. The highest BCUT2D eigenvalue weighted by atomic mass is 19.1. The molecule has 0 saturated heterocycles. The van der Waals surface area contributed by atoms with Gasteiger partial charge in [0.25, 0.3) is 0 Å². The second-order valence-corrected chi connectivity index (χ2v) is 5.69. The summed E-state index contributed by atoms with van der Waals surface area (Å²) in [6.07, 6.45) is 2.17. The topological polar surface area (TPSA) is 158 Å². The molecule has 0 bridgehead atoms. The maximum absolute atomic E-state index is 12.9. The average molecular weight is 403 g/mol. The fraction of sp³-hybridized carbons (Fsp3) is 0.188. The summed E-state index contributed by atoms with van der Waals surface area (Å²) in [6.45, 7) is -0.0164. The Labute approximate surface area is 161 Å². The lowest BCUT2D eigenvalue weighted by Gasteiger charge is -2.05. The predicted octanol–water partition coefficient (Wildman–Crippen LogP) is 0.527. The zero-order valence-electron chi connectivity index (χ0n) is 14.7. The molecule has 2 N–H and O–H groups in total. The normalized spacial score (nSPS) is 10.5. The van der Waals surface area contributed by atoms with Crippen LogP contribution in [0.15, 0.2) is 41.2 Å². The molecular weight excluding hydrogens is 389 g/mol. The molecule has 0 unspecified atom stereocenters. The summed E-state index contributed by atoms with van der Waals surface area (Å²) in [5.74, 6) is -1.63. The summed E-state index contributed by atoms with van der Waals surface area (Å²) in [7, 11) is 0. The van der Waals surface area contributed by atoms with E-state index in [4.69, 9.17) is 4.52 Å². The van der Waals surface area contributed by atoms with Crippen LogP contribution < -0.4 is 10.6 Å². The number of aromatic nitrogens is 4. The number of carbonyl (C=O) groups is 2. The molecule has 0 radical (unpaired) electrons. The van der Waals surface area contributed by atoms with Crippen molar-refractivity contribution in [3.63, 3.8) is 0 Å². The van der Waals surface area contributed by atoms with E-state index in [0.29, 0.717) is 5.56 Å². The van der Waals surface area contributed by atoms with Crippen LogP contribution in [0.25, 0.3) is 11.4 Å². The molecule has 13 heteroatoms. The van der Waals surface area contributed by atoms with Gasteiger partial charge in [-0.05, 0) is 24.3 Å². The van der Waals surface area contributed by atoms with E-state index in [0.717, 1.165) is 17.1 Å². The quantitative estimate of drug-likeness (QED) is 0.313. The monoisotopic (exact) mass is 403 g/mol. The number of halogens is 1. The molecule has 1 aromatic carbocycles. The molecule has 0 aliphatic heterocycles. The Kier molecular flexibility index (Phi) is 5.87. The Hall–Kier alpha value is -4.16. The van der Waals surface area contributed by atoms with Gasteiger partial charge < -0.3 is 15.2 Å². The molecule has 2 heterocycles. The van der Waals surface area contributed by atoms with Gasteiger partial charge in [0.2, 0.25) is 11.7 Å². The summed E-state index contributed by atoms with van der Waals surface area (Å²) < 4.78 is 18.9. The Morgan fingerprint density at radius 3 is 2.62 bits per heavy atom. The van der Waals surface area contributed by atoms with Crippen LogP contribution in [0.5, 0.6) is 0 Å². The number of hydrogen-bond donors (Lipinski definition) is 2. The third-order valence-corrected chi connectivity index (χ3v) is 3.59. The zero-order chi connectivity index (χ0) is 20.8. The Bertz CT molecular complexity index is 1030. The minimum Gasteiger partial charge on any atom is -0.353 e. The van der Waals surface area contributed by atoms with Crippen LogP contribution in [0.4, 0.5) is 10.1 Å². The number of amides is 2. The van der Waals surface area contributed by atoms with Gasteiger partial charge in [0, 0.05) is 18.7 Å². The fourth-order valence-corrected chi connectivity index (χ4v) is 2.22. The zero-order valence-corrected chi connectivity index (χ0v) is 14.7. The maximum Gasteiger partial charge on any atom is 0.316 e. The van der Waals surface area contributed by atoms with Crippen LogP contribution in [0.3, 0.4) is 0 Å². The number of carbonyl (C=O) groups excluding carboxylic acids is 2. The largest absolute Gasteiger partial charge is 0.353 e. The van der Waals surface area contributed by atoms with Gasteiger partial charge in [0.1, 0.15) is 24.8 Å². The third kappa shape index (κ3) is 5.18. The van der Waals surface area contributed by atoms with Gasteiger partial charge in [-0.2, -0.15) is 10.1 Å². The number of nitrogens with one attached hydrogen (secondary N) is 2. The van der Waals surface area contributed by atoms with Gasteiger partial charge >= 0.3 is 17.5 Å². The predicted molar refractivity (Wildman–Crippen MR) is 93.9 cm³/mol. The summed E-state index contributed by atoms with van der Waals surface area (Å²) in [5, 5.41) is 22.9. The Morgan fingerprint density at radius 2 is 1.93 bits per heavy atom. The molecule has 12 nitrogen and oxygen atoms in total. The Balaban J connectivity index is 1.42. The molecule has 29 heavy (non-hydrogen) atoms. The van der Waals surface area contributed by atoms with E-state index in [1.165, 1.54) is 24.3 Å². The molecule has 150 valence electrons. The molecule has 3 rings (SSSR count). The molecular formula is C16H14FN7O5. The van der Waals surface area contributed by atoms with Crippen LogP contribution >= 0.6 is 0 Å². The van der Waals surface area contributed by atoms with Crippen LogP contribution in [0.2, 0.25) is 0 Å². The first kappa shape index (κ1) is 19.6. The van der Waals surface area contributed by atoms with E-state index in [1.54, 1.807) is 0 Å². The lowest BCUT2D eigenvalue weighted by Crippen LogP contribution is -2.36. The molecule has 0 spiro atoms. The van der Waals surface area contributed by atoms with E-state index in [9.17, 15) is 24.1 Å².